The number of halogens is 2. The second-order valence-corrected chi connectivity index (χ2v) is 11.4. The number of hydrogen-bond acceptors (Lipinski definition) is 7. The molecule has 3 amide bonds. The maximum absolute atomic E-state index is 14.1. The number of likely N-dealkylation sites (tertiary alicyclic amines) is 1. The number of nitro groups is 1. The third kappa shape index (κ3) is 3.70. The molecule has 2 bridgehead atoms. The zero-order valence-corrected chi connectivity index (χ0v) is 22.7. The summed E-state index contributed by atoms with van der Waals surface area (Å²) >= 11 is 14.8. The molecule has 10 nitrogen and oxygen atoms in total. The highest BCUT2D eigenvalue weighted by atomic mass is 35.5. The van der Waals surface area contributed by atoms with E-state index in [0.717, 1.165) is 4.90 Å². The molecule has 12 heteroatoms. The van der Waals surface area contributed by atoms with Gasteiger partial charge in [0.1, 0.15) is 22.4 Å². The summed E-state index contributed by atoms with van der Waals surface area (Å²) in [6.45, 7) is -0.328. The number of carbonyl (C=O) groups excluding carboxylic acids is 4. The number of alkyl halides is 2. The van der Waals surface area contributed by atoms with Crippen molar-refractivity contribution in [2.45, 2.75) is 28.8 Å². The highest BCUT2D eigenvalue weighted by molar-refractivity contribution is 6.36. The summed E-state index contributed by atoms with van der Waals surface area (Å²) in [5, 5.41) is 10.9. The molecule has 3 aliphatic carbocycles. The van der Waals surface area contributed by atoms with Gasteiger partial charge in [0.15, 0.2) is 0 Å². The van der Waals surface area contributed by atoms with Gasteiger partial charge in [-0.15, -0.1) is 23.2 Å². The highest BCUT2D eigenvalue weighted by Crippen LogP contribution is 2.69. The van der Waals surface area contributed by atoms with Crippen molar-refractivity contribution in [2.75, 3.05) is 0 Å². The molecular weight excluding hydrogens is 573 g/mol. The van der Waals surface area contributed by atoms with Crippen LogP contribution in [0.3, 0.4) is 0 Å². The summed E-state index contributed by atoms with van der Waals surface area (Å²) in [5.41, 5.74) is 8.06. The largest absolute Gasteiger partial charge is 0.459 e. The Kier molecular flexibility index (Phi) is 6.16. The van der Waals surface area contributed by atoms with Crippen LogP contribution >= 0.6 is 23.2 Å². The topological polar surface area (TPSA) is 150 Å². The Morgan fingerprint density at radius 1 is 0.878 bits per heavy atom. The highest BCUT2D eigenvalue weighted by Gasteiger charge is 2.73. The summed E-state index contributed by atoms with van der Waals surface area (Å²) < 4.78 is 5.37. The minimum absolute atomic E-state index is 0.149. The van der Waals surface area contributed by atoms with Gasteiger partial charge in [0.2, 0.25) is 17.7 Å². The number of hydrogen-bond donors (Lipinski definition) is 1. The molecular formula is C29H21Cl2N3O7. The van der Waals surface area contributed by atoms with E-state index in [2.05, 4.69) is 0 Å². The van der Waals surface area contributed by atoms with E-state index < -0.39 is 62.7 Å². The molecule has 41 heavy (non-hydrogen) atoms. The number of benzene rings is 3. The smallest absolute Gasteiger partial charge is 0.330 e. The molecule has 0 unspecified atom stereocenters. The van der Waals surface area contributed by atoms with E-state index in [0.29, 0.717) is 27.8 Å². The van der Waals surface area contributed by atoms with E-state index in [1.165, 1.54) is 24.3 Å². The quantitative estimate of drug-likeness (QED) is 0.145. The van der Waals surface area contributed by atoms with E-state index in [1.54, 1.807) is 48.5 Å². The van der Waals surface area contributed by atoms with Crippen molar-refractivity contribution in [3.63, 3.8) is 0 Å². The standard InChI is InChI=1S/C29H21Cl2N3O7/c30-28-17-5-1-2-6-18(17)29(31,20-8-4-3-7-19(20)28)24-23(28)25(36)33(26(24)37)21(13-22(32)35)27(38)41-14-15-9-11-16(12-10-15)34(39)40/h1-12,21,23-24H,13-14H2,(H2,32,35)/t21-,23-,24-,28?,29?/m1/s1. The van der Waals surface area contributed by atoms with Gasteiger partial charge in [0, 0.05) is 12.1 Å². The van der Waals surface area contributed by atoms with Crippen molar-refractivity contribution in [1.29, 1.82) is 0 Å². The second kappa shape index (κ2) is 9.39. The molecule has 4 aliphatic rings. The molecule has 1 fully saturated rings. The Balaban J connectivity index is 1.38. The van der Waals surface area contributed by atoms with Crippen LogP contribution in [0.25, 0.3) is 0 Å². The lowest BCUT2D eigenvalue weighted by atomic mass is 9.54. The van der Waals surface area contributed by atoms with Gasteiger partial charge in [-0.1, -0.05) is 48.5 Å². The predicted molar refractivity (Wildman–Crippen MR) is 145 cm³/mol. The maximum atomic E-state index is 14.1. The lowest BCUT2D eigenvalue weighted by Crippen LogP contribution is -2.57. The molecule has 3 aromatic carbocycles. The van der Waals surface area contributed by atoms with Crippen LogP contribution in [0.5, 0.6) is 0 Å². The third-order valence-electron chi connectivity index (χ3n) is 8.13. The van der Waals surface area contributed by atoms with Crippen LogP contribution < -0.4 is 5.73 Å². The monoisotopic (exact) mass is 593 g/mol. The van der Waals surface area contributed by atoms with Gasteiger partial charge in [-0.05, 0) is 39.9 Å². The summed E-state index contributed by atoms with van der Waals surface area (Å²) in [4.78, 5) is 61.8. The number of imide groups is 1. The average Bonchev–Trinajstić information content (AvgIpc) is 3.24. The van der Waals surface area contributed by atoms with E-state index in [9.17, 15) is 29.3 Å². The SMILES string of the molecule is NC(=O)C[C@H](C(=O)OCc1ccc([N+](=O)[O-])cc1)N1C(=O)[C@H]2[C@H](C1=O)C1(Cl)c3ccccc3C2(Cl)c2ccccc21. The Morgan fingerprint density at radius 2 is 1.32 bits per heavy atom. The van der Waals surface area contributed by atoms with Gasteiger partial charge in [-0.3, -0.25) is 29.4 Å². The van der Waals surface area contributed by atoms with Crippen LogP contribution in [-0.4, -0.2) is 39.6 Å². The number of rotatable bonds is 7. The zero-order chi connectivity index (χ0) is 29.3. The number of esters is 1. The van der Waals surface area contributed by atoms with E-state index in [-0.39, 0.29) is 12.3 Å². The van der Waals surface area contributed by atoms with Crippen molar-refractivity contribution < 1.29 is 28.8 Å². The first-order valence-electron chi connectivity index (χ1n) is 12.6. The molecule has 0 spiro atoms. The summed E-state index contributed by atoms with van der Waals surface area (Å²) in [6.07, 6.45) is -0.680. The Hall–Kier alpha value is -4.28. The first kappa shape index (κ1) is 26.9. The lowest BCUT2D eigenvalue weighted by molar-refractivity contribution is -0.384. The molecule has 3 aromatic rings. The number of nitrogens with two attached hydrogens (primary N) is 1. The number of amides is 3. The number of nitro benzene ring substituents is 1. The zero-order valence-electron chi connectivity index (χ0n) is 21.2. The van der Waals surface area contributed by atoms with Gasteiger partial charge >= 0.3 is 5.97 Å². The minimum atomic E-state index is -1.66. The summed E-state index contributed by atoms with van der Waals surface area (Å²) in [6, 6.07) is 17.8. The average molecular weight is 594 g/mol. The van der Waals surface area contributed by atoms with Crippen LogP contribution in [0.4, 0.5) is 5.69 Å². The predicted octanol–water partition coefficient (Wildman–Crippen LogP) is 3.48. The van der Waals surface area contributed by atoms with Crippen molar-refractivity contribution >= 4 is 52.6 Å². The van der Waals surface area contributed by atoms with E-state index in [1.807, 2.05) is 0 Å². The first-order chi connectivity index (χ1) is 19.5. The fourth-order valence-electron chi connectivity index (χ4n) is 6.43. The lowest BCUT2D eigenvalue weighted by Gasteiger charge is -2.54. The van der Waals surface area contributed by atoms with Crippen molar-refractivity contribution in [2.24, 2.45) is 17.6 Å². The fraction of sp³-hybridized carbons (Fsp3) is 0.241. The van der Waals surface area contributed by atoms with Gasteiger partial charge in [-0.25, -0.2) is 4.79 Å². The molecule has 208 valence electrons. The molecule has 0 aromatic heterocycles. The molecule has 2 N–H and O–H groups in total. The molecule has 1 heterocycles. The van der Waals surface area contributed by atoms with Gasteiger partial charge in [0.05, 0.1) is 23.2 Å². The van der Waals surface area contributed by atoms with Gasteiger partial charge < -0.3 is 10.5 Å². The molecule has 0 radical (unpaired) electrons. The Labute approximate surface area is 243 Å². The summed E-state index contributed by atoms with van der Waals surface area (Å²) in [5.74, 6) is -5.84. The first-order valence-corrected chi connectivity index (χ1v) is 13.4. The van der Waals surface area contributed by atoms with Gasteiger partial charge in [-0.2, -0.15) is 0 Å². The van der Waals surface area contributed by atoms with Crippen LogP contribution in [0, 0.1) is 22.0 Å². The van der Waals surface area contributed by atoms with Crippen molar-refractivity contribution in [3.05, 3.63) is 111 Å². The molecule has 0 saturated carbocycles. The van der Waals surface area contributed by atoms with Gasteiger partial charge in [0.25, 0.3) is 5.69 Å². The number of non-ortho nitro benzene ring substituents is 1. The minimum Gasteiger partial charge on any atom is -0.459 e. The number of primary amides is 1. The van der Waals surface area contributed by atoms with Crippen LogP contribution in [0.15, 0.2) is 72.8 Å². The molecule has 1 aliphatic heterocycles. The van der Waals surface area contributed by atoms with Crippen LogP contribution in [-0.2, 0) is 40.3 Å². The van der Waals surface area contributed by atoms with Crippen LogP contribution in [0.1, 0.15) is 34.2 Å². The van der Waals surface area contributed by atoms with Crippen molar-refractivity contribution in [3.8, 4) is 0 Å². The van der Waals surface area contributed by atoms with E-state index in [4.69, 9.17) is 33.7 Å². The Morgan fingerprint density at radius 3 is 1.71 bits per heavy atom. The van der Waals surface area contributed by atoms with E-state index >= 15 is 0 Å². The molecule has 3 atom stereocenters. The second-order valence-electron chi connectivity index (χ2n) is 10.2. The fourth-order valence-corrected chi connectivity index (χ4v) is 7.53. The summed E-state index contributed by atoms with van der Waals surface area (Å²) in [7, 11) is 0. The number of nitrogens with zero attached hydrogens (tertiary/aromatic N) is 2. The third-order valence-corrected chi connectivity index (χ3v) is 9.41. The Bertz CT molecular complexity index is 1540. The number of carbonyl (C=O) groups is 4. The number of ether oxygens (including phenoxy) is 1. The molecule has 7 rings (SSSR count). The van der Waals surface area contributed by atoms with Crippen molar-refractivity contribution in [1.82, 2.24) is 4.90 Å². The normalized spacial score (nSPS) is 26.1. The maximum Gasteiger partial charge on any atom is 0.330 e. The van der Waals surface area contributed by atoms with Crippen LogP contribution in [0.2, 0.25) is 0 Å². The molecule has 1 saturated heterocycles.